The van der Waals surface area contributed by atoms with Gasteiger partial charge in [0.05, 0.1) is 39.1 Å². The normalized spacial score (nSPS) is 22.4. The lowest BCUT2D eigenvalue weighted by Gasteiger charge is -2.27. The Hall–Kier alpha value is -11.3. The Kier molecular flexibility index (Phi) is 42.8. The zero-order valence-corrected chi connectivity index (χ0v) is 84.4. The van der Waals surface area contributed by atoms with Gasteiger partial charge in [0.1, 0.15) is 128 Å². The van der Waals surface area contributed by atoms with Crippen LogP contribution in [0.25, 0.3) is 43.2 Å². The average Bonchev–Trinajstić information content (AvgIpc) is 1.62. The summed E-state index contributed by atoms with van der Waals surface area (Å²) in [7, 11) is -15.2. The number of hydrogen-bond acceptors (Lipinski definition) is 48. The van der Waals surface area contributed by atoms with E-state index in [0.29, 0.717) is 16.8 Å². The number of carbonyl (C=O) groups is 6. The van der Waals surface area contributed by atoms with Crippen LogP contribution >= 0.6 is 74.5 Å². The molecular weight excluding hydrogens is 2150 g/mol. The number of esters is 2. The number of fused-ring (bicyclic) bond motifs is 2. The molecule has 20 atom stereocenters. The number of nitrogens with one attached hydrogen (secondary N) is 3. The summed E-state index contributed by atoms with van der Waals surface area (Å²) in [5.41, 5.74) is 46.3. The number of imidazole rings is 2. The number of phosphoric acid groups is 4. The van der Waals surface area contributed by atoms with Crippen molar-refractivity contribution in [2.24, 2.45) is 16.0 Å². The lowest BCUT2D eigenvalue weighted by molar-refractivity contribution is -0.192. The lowest BCUT2D eigenvalue weighted by atomic mass is 10.1. The Bertz CT molecular complexity index is 6400. The van der Waals surface area contributed by atoms with E-state index in [9.17, 15) is 105 Å². The molecule has 0 bridgehead atoms. The average molecular weight is 2250 g/mol. The highest BCUT2D eigenvalue weighted by atomic mass is 33.1. The Morgan fingerprint density at radius 1 is 0.561 bits per heavy atom. The molecular formula is C75H99F3N26O36P4S4. The summed E-state index contributed by atoms with van der Waals surface area (Å²) in [4.78, 5) is 197. The van der Waals surface area contributed by atoms with Gasteiger partial charge >= 0.3 is 85.0 Å². The zero-order chi connectivity index (χ0) is 109. The van der Waals surface area contributed by atoms with Gasteiger partial charge in [0.2, 0.25) is 0 Å². The summed E-state index contributed by atoms with van der Waals surface area (Å²) in [6, 6.07) is 12.9. The summed E-state index contributed by atoms with van der Waals surface area (Å²) in [6.07, 6.45) is -18.7. The smallest absolute Gasteiger partial charge is 0.475 e. The number of carboxylic acids is 1. The molecule has 4 fully saturated rings. The van der Waals surface area contributed by atoms with Crippen LogP contribution in [0.1, 0.15) is 95.3 Å². The number of alkyl halides is 3. The molecule has 12 rings (SSSR count). The molecule has 2 aromatic carbocycles. The second-order valence-electron chi connectivity index (χ2n) is 32.4. The van der Waals surface area contributed by atoms with Crippen LogP contribution in [0.15, 0.2) is 118 Å². The largest absolute Gasteiger partial charge is 0.490 e. The Morgan fingerprint density at radius 2 is 0.959 bits per heavy atom. The topological polar surface area (TPSA) is 912 Å². The van der Waals surface area contributed by atoms with Crippen molar-refractivity contribution >= 4 is 168 Å². The Morgan fingerprint density at radius 3 is 1.34 bits per heavy atom. The van der Waals surface area contributed by atoms with E-state index >= 15 is 0 Å². The Balaban J connectivity index is 0.000000285. The molecule has 0 saturated carbocycles. The number of phosphoric ester groups is 4. The summed E-state index contributed by atoms with van der Waals surface area (Å²) < 4.78 is 168. The fourth-order valence-electron chi connectivity index (χ4n) is 14.2. The van der Waals surface area contributed by atoms with E-state index in [4.69, 9.17) is 110 Å². The van der Waals surface area contributed by atoms with Crippen molar-refractivity contribution in [2.45, 2.75) is 193 Å². The number of amides is 3. The van der Waals surface area contributed by atoms with E-state index in [2.05, 4.69) is 84.9 Å². The molecule has 4 saturated heterocycles. The van der Waals surface area contributed by atoms with E-state index in [1.54, 1.807) is 75.6 Å². The monoisotopic (exact) mass is 2250 g/mol. The van der Waals surface area contributed by atoms with Gasteiger partial charge in [0.15, 0.2) is 47.6 Å². The number of aliphatic hydroxyl groups excluding tert-OH is 2. The Labute approximate surface area is 847 Å². The zero-order valence-electron chi connectivity index (χ0n) is 77.6. The fourth-order valence-corrected chi connectivity index (χ4v) is 20.7. The highest BCUT2D eigenvalue weighted by Crippen LogP contribution is 2.53. The van der Waals surface area contributed by atoms with Crippen molar-refractivity contribution in [1.82, 2.24) is 74.1 Å². The van der Waals surface area contributed by atoms with Gasteiger partial charge in [0.25, 0.3) is 0 Å². The van der Waals surface area contributed by atoms with Gasteiger partial charge in [0, 0.05) is 70.0 Å². The van der Waals surface area contributed by atoms with Crippen LogP contribution in [0.2, 0.25) is 0 Å². The number of rotatable bonds is 45. The number of benzene rings is 2. The van der Waals surface area contributed by atoms with Crippen molar-refractivity contribution in [2.75, 3.05) is 75.0 Å². The van der Waals surface area contributed by atoms with Gasteiger partial charge in [-0.3, -0.25) is 50.2 Å². The second-order valence-corrected chi connectivity index (χ2v) is 43.2. The number of carbonyl (C=O) groups excluding carboxylic acids is 5. The first-order chi connectivity index (χ1) is 69.7. The molecule has 73 heteroatoms. The summed E-state index contributed by atoms with van der Waals surface area (Å²) in [5.74, 6) is -5.16. The van der Waals surface area contributed by atoms with Crippen molar-refractivity contribution in [3.63, 3.8) is 0 Å². The summed E-state index contributed by atoms with van der Waals surface area (Å²) in [5, 5.41) is 44.9. The molecule has 6 aromatic heterocycles. The molecule has 62 nitrogen and oxygen atoms in total. The van der Waals surface area contributed by atoms with Gasteiger partial charge in [-0.15, -0.1) is 0 Å². The second kappa shape index (κ2) is 53.4. The third-order valence-corrected chi connectivity index (χ3v) is 28.3. The number of aromatic nitrogens is 12. The standard InChI is InChI=1S/C39H53N13O18P2S2.C34H45N13O16P2S2.C2HF3O2/c1-39(2,3)69-38(57)47-23(10-9-21(74-73-4)14-43-37(56)63-15-20-7-5-6-8-22(20)49-50-42)35(54)68-31-26(67-34(30(31)53)52-19-46-29-32(41)44-18-45-33(29)52)17-65-72(61,62)70-24-13-28(51-12-11-27(40)48-36(51)55)66-25(24)16-64-71(58,59)60;1-66-67-18(11-39-34(51)57-12-17-4-2-3-5-20(17)44-45-38)6-7-19(35)32(49)62-28-23(61-31(27(28)48)47-16-42-26-29(37)40-15-41-30(26)47)14-59-65(55,56)63-21-10-25(46-9-8-24(36)43-33(46)50)60-22(21)13-58-64(52,53)54;3-2(4,5)1(6)7/h5-8,11-12,18-19,21,23-26,28,30-31,34,53H,9-10,13-17H2,1-4H3,(H,43,56)(H,47,57)(H,61,62)(H2,40,48,55)(H2,41,44,45)(H2,58,59,60);2-5,8-9,15-16,18-19,21-23,25,27-28,31,48H,6-7,10-14,35H2,1H3,(H,39,51)(H,55,56)(H2,36,43,50)(H2,37,40,41)(H2,52,53,54);(H,6,7)/t21-,23-,24-,25+,26+,28+,30+,31+,34+;18-,19-,21-,22+,23+,25+,27+,28+,31+;/m00./s1. The SMILES string of the molecule is CSS[C@@H](CC[C@H](N)C(=O)O[C@H]1[C@@H](O)[C@H](n2cnc3c(N)ncnc32)O[C@@H]1COP(=O)(O)O[C@H]1C[C@H](n2ccc(N)nc2=O)O[C@@H]1COP(=O)(O)O)CNC(=O)OCc1ccccc1N=[N+]=[N-].CSS[C@@H](CC[C@H](NC(=O)OC(C)(C)C)C(=O)O[C@H]1[C@@H](O)[C@H](n2cnc3c(N)ncnc32)O[C@@H]1COP(=O)(O)O[C@H]1C[C@H](n2ccc(N)nc2=O)O[C@@H]1COP(=O)(O)O)CNC(=O)OCc1ccccc1N=[N+]=[N-].O=C(O)C(F)(F)F. The number of ether oxygens (including phenoxy) is 9. The van der Waals surface area contributed by atoms with Crippen LogP contribution in [0, 0.1) is 0 Å². The number of aliphatic carboxylic acids is 1. The molecule has 22 N–H and O–H groups in total. The highest BCUT2D eigenvalue weighted by molar-refractivity contribution is 8.77. The quantitative estimate of drug-likeness (QED) is 0.00423. The first-order valence-electron chi connectivity index (χ1n) is 42.9. The molecule has 148 heavy (non-hydrogen) atoms. The van der Waals surface area contributed by atoms with E-state index < -0.39 is 220 Å². The predicted octanol–water partition coefficient (Wildman–Crippen LogP) is 5.54. The van der Waals surface area contributed by atoms with Gasteiger partial charge < -0.3 is 132 Å². The molecule has 0 spiro atoms. The van der Waals surface area contributed by atoms with Crippen LogP contribution in [0.5, 0.6) is 0 Å². The molecule has 8 aromatic rings. The minimum absolute atomic E-state index is 0.00151. The third kappa shape index (κ3) is 35.2. The summed E-state index contributed by atoms with van der Waals surface area (Å²) >= 11 is 0. The first kappa shape index (κ1) is 119. The van der Waals surface area contributed by atoms with Gasteiger partial charge in [-0.25, -0.2) is 81.7 Å². The molecule has 3 amide bonds. The van der Waals surface area contributed by atoms with Crippen LogP contribution < -0.4 is 56.0 Å². The van der Waals surface area contributed by atoms with Crippen LogP contribution in [-0.4, -0.2) is 286 Å². The third-order valence-electron chi connectivity index (χ3n) is 20.8. The van der Waals surface area contributed by atoms with E-state index in [1.807, 2.05) is 6.26 Å². The number of halogens is 3. The van der Waals surface area contributed by atoms with E-state index in [-0.39, 0.29) is 121 Å². The minimum Gasteiger partial charge on any atom is -0.475 e. The molecule has 0 aliphatic carbocycles. The van der Waals surface area contributed by atoms with Crippen molar-refractivity contribution in [3.05, 3.63) is 151 Å². The van der Waals surface area contributed by atoms with Crippen LogP contribution in [0.3, 0.4) is 0 Å². The maximum absolute atomic E-state index is 14.3. The molecule has 4 aliphatic heterocycles. The van der Waals surface area contributed by atoms with Gasteiger partial charge in [-0.05, 0) is 93.3 Å². The molecule has 4 aliphatic rings. The van der Waals surface area contributed by atoms with Crippen molar-refractivity contribution in [3.8, 4) is 0 Å². The maximum Gasteiger partial charge on any atom is 0.490 e. The number of carboxylic acid groups (broad SMARTS) is 1. The number of nitrogen functional groups attached to an aromatic ring is 4. The number of azide groups is 2. The number of anilines is 4. The van der Waals surface area contributed by atoms with Crippen LogP contribution in [0.4, 0.5) is 62.2 Å². The number of aliphatic hydroxyl groups is 2. The maximum atomic E-state index is 14.3. The fraction of sp³-hybridized carbons (Fsp3) is 0.520. The molecule has 0 radical (unpaired) electrons. The molecule has 810 valence electrons. The lowest BCUT2D eigenvalue weighted by Crippen LogP contribution is -2.48. The number of nitrogens with zero attached hydrogens (tertiary/aromatic N) is 18. The number of nitrogens with two attached hydrogens (primary N) is 5. The summed E-state index contributed by atoms with van der Waals surface area (Å²) in [6.45, 7) is 0.956. The van der Waals surface area contributed by atoms with Gasteiger partial charge in [-0.1, -0.05) is 102 Å². The number of alkyl carbamates (subject to hydrolysis) is 3. The van der Waals surface area contributed by atoms with Crippen LogP contribution in [-0.2, 0) is 116 Å². The van der Waals surface area contributed by atoms with E-state index in [0.717, 1.165) is 21.8 Å². The first-order valence-corrected chi connectivity index (χ1v) is 54.2. The number of hydrogen-bond donors (Lipinski definition) is 17. The van der Waals surface area contributed by atoms with Crippen molar-refractivity contribution in [1.29, 1.82) is 0 Å². The molecule has 10 heterocycles. The minimum atomic E-state index is -5.31. The predicted molar refractivity (Wildman–Crippen MR) is 509 cm³/mol. The van der Waals surface area contributed by atoms with Gasteiger partial charge in [-0.2, -0.15) is 23.1 Å². The van der Waals surface area contributed by atoms with Crippen molar-refractivity contribution < 1.29 is 175 Å². The van der Waals surface area contributed by atoms with E-state index in [1.165, 1.54) is 89.5 Å². The molecule has 2 unspecified atom stereocenters. The highest BCUT2D eigenvalue weighted by Gasteiger charge is 2.54.